The van der Waals surface area contributed by atoms with Crippen molar-refractivity contribution >= 4 is 46.6 Å². The molecule has 19 nitrogen and oxygen atoms in total. The summed E-state index contributed by atoms with van der Waals surface area (Å²) in [4.78, 5) is 67.1. The minimum absolute atomic E-state index is 0. The number of aliphatic carboxylic acids is 2. The van der Waals surface area contributed by atoms with Crippen LogP contribution < -0.4 is 48.8 Å². The van der Waals surface area contributed by atoms with E-state index in [0.29, 0.717) is 5.69 Å². The first-order chi connectivity index (χ1) is 19.8. The fourth-order valence-electron chi connectivity index (χ4n) is 3.30. The van der Waals surface area contributed by atoms with Crippen LogP contribution in [0.3, 0.4) is 0 Å². The molecule has 0 aliphatic carbocycles. The van der Waals surface area contributed by atoms with E-state index in [2.05, 4.69) is 9.47 Å². The quantitative estimate of drug-likeness (QED) is 0.0998. The van der Waals surface area contributed by atoms with Gasteiger partial charge in [0, 0.05) is 12.1 Å². The minimum atomic E-state index is -1.23. The Labute approximate surface area is 271 Å². The smallest absolute Gasteiger partial charge is 0.870 e. The molecule has 236 valence electrons. The van der Waals surface area contributed by atoms with E-state index >= 15 is 0 Å². The maximum absolute atomic E-state index is 11.5. The Kier molecular flexibility index (Phi) is 19.0. The molecular weight excluding hydrogens is 607 g/mol. The van der Waals surface area contributed by atoms with E-state index in [0.717, 1.165) is 17.0 Å². The monoisotopic (exact) mass is 636 g/mol. The van der Waals surface area contributed by atoms with Crippen LogP contribution in [0.1, 0.15) is 0 Å². The first-order valence-corrected chi connectivity index (χ1v) is 11.5. The molecule has 0 bridgehead atoms. The number of ether oxygens (including phenoxy) is 4. The molecular formula is C24H29N4NaO15. The van der Waals surface area contributed by atoms with E-state index in [9.17, 15) is 39.4 Å². The number of carboxylic acids is 2. The molecule has 0 amide bonds. The van der Waals surface area contributed by atoms with Gasteiger partial charge in [0.25, 0.3) is 11.4 Å². The fourth-order valence-corrected chi connectivity index (χ4v) is 3.30. The number of carbonyl (C=O) groups is 4. The summed E-state index contributed by atoms with van der Waals surface area (Å²) in [6.45, 7) is -1.61. The van der Waals surface area contributed by atoms with Crippen molar-refractivity contribution in [1.29, 1.82) is 0 Å². The average Bonchev–Trinajstić information content (AvgIpc) is 2.95. The zero-order valence-electron chi connectivity index (χ0n) is 24.3. The van der Waals surface area contributed by atoms with Gasteiger partial charge in [0.05, 0.1) is 61.8 Å². The number of methoxy groups -OCH3 is 4. The molecule has 0 aliphatic rings. The molecule has 0 aromatic heterocycles. The summed E-state index contributed by atoms with van der Waals surface area (Å²) in [5.74, 6) is -3.43. The maximum Gasteiger partial charge on any atom is 1.00 e. The van der Waals surface area contributed by atoms with Gasteiger partial charge in [0.1, 0.15) is 37.7 Å². The predicted molar refractivity (Wildman–Crippen MR) is 145 cm³/mol. The van der Waals surface area contributed by atoms with Crippen molar-refractivity contribution in [1.82, 2.24) is 0 Å². The van der Waals surface area contributed by atoms with E-state index < -0.39 is 46.8 Å². The summed E-state index contributed by atoms with van der Waals surface area (Å²) in [6, 6.07) is 7.35. The third kappa shape index (κ3) is 13.1. The van der Waals surface area contributed by atoms with E-state index in [1.54, 1.807) is 0 Å². The Hall–Kier alpha value is -4.72. The molecule has 2 rings (SSSR count). The van der Waals surface area contributed by atoms with Gasteiger partial charge in [-0.2, -0.15) is 0 Å². The molecule has 20 heteroatoms. The Balaban J connectivity index is 0. The van der Waals surface area contributed by atoms with Gasteiger partial charge >= 0.3 is 53.4 Å². The number of hydrogen-bond donors (Lipinski definition) is 2. The van der Waals surface area contributed by atoms with Crippen LogP contribution >= 0.6 is 0 Å². The van der Waals surface area contributed by atoms with Gasteiger partial charge < -0.3 is 44.4 Å². The fraction of sp³-hybridized carbons (Fsp3) is 0.333. The van der Waals surface area contributed by atoms with Crippen molar-refractivity contribution in [3.8, 4) is 11.5 Å². The summed E-state index contributed by atoms with van der Waals surface area (Å²) < 4.78 is 19.2. The maximum atomic E-state index is 11.5. The number of carbonyl (C=O) groups excluding carboxylic acids is 2. The summed E-state index contributed by atoms with van der Waals surface area (Å²) in [5, 5.41) is 39.0. The molecule has 0 spiro atoms. The van der Waals surface area contributed by atoms with Gasteiger partial charge in [-0.05, 0) is 12.1 Å². The SMILES string of the molecule is COC(=O)CN(CC(=O)OC)c1ccc([N+](=O)[O-])cc1OC.COc1cc([N+](=O)[O-])ccc1N(CC(=O)O)CC(=O)O.[Na+].[OH-]. The van der Waals surface area contributed by atoms with Crippen LogP contribution in [-0.2, 0) is 28.7 Å². The zero-order valence-corrected chi connectivity index (χ0v) is 26.3. The Morgan fingerprint density at radius 2 is 1.00 bits per heavy atom. The van der Waals surface area contributed by atoms with E-state index in [1.807, 2.05) is 0 Å². The normalized spacial score (nSPS) is 9.36. The van der Waals surface area contributed by atoms with Crippen LogP contribution in [0, 0.1) is 20.2 Å². The molecule has 0 heterocycles. The van der Waals surface area contributed by atoms with Gasteiger partial charge in [0.15, 0.2) is 0 Å². The molecule has 0 aliphatic heterocycles. The molecule has 2 aromatic carbocycles. The van der Waals surface area contributed by atoms with Gasteiger partial charge in [-0.25, -0.2) is 0 Å². The Morgan fingerprint density at radius 3 is 1.25 bits per heavy atom. The molecule has 0 atom stereocenters. The number of carboxylic acid groups (broad SMARTS) is 2. The second-order valence-electron chi connectivity index (χ2n) is 7.88. The van der Waals surface area contributed by atoms with Crippen molar-refractivity contribution in [2.75, 3.05) is 64.4 Å². The summed E-state index contributed by atoms with van der Waals surface area (Å²) in [5.41, 5.74) is 0.0830. The van der Waals surface area contributed by atoms with Gasteiger partial charge in [-0.15, -0.1) is 0 Å². The second kappa shape index (κ2) is 20.2. The standard InChI is InChI=1S/C13H16N2O7.C11H12N2O7.Na.H2O/c1-20-11-6-9(15(18)19)4-5-10(11)14(7-12(16)21-2)8-13(17)22-3;1-20-9-4-7(13(18)19)2-3-8(9)12(5-10(14)15)6-11(16)17;;/h4-6H,7-8H2,1-3H3;2-4H,5-6H2,1H3,(H,14,15)(H,16,17);;1H2/q;;+1;/p-1. The van der Waals surface area contributed by atoms with Crippen LogP contribution in [0.25, 0.3) is 0 Å². The second-order valence-corrected chi connectivity index (χ2v) is 7.88. The average molecular weight is 636 g/mol. The molecule has 0 radical (unpaired) electrons. The van der Waals surface area contributed by atoms with Crippen LogP contribution in [0.15, 0.2) is 36.4 Å². The third-order valence-electron chi connectivity index (χ3n) is 5.18. The topological polar surface area (TPSA) is 268 Å². The molecule has 0 saturated carbocycles. The molecule has 44 heavy (non-hydrogen) atoms. The van der Waals surface area contributed by atoms with Crippen LogP contribution in [0.5, 0.6) is 11.5 Å². The largest absolute Gasteiger partial charge is 1.00 e. The summed E-state index contributed by atoms with van der Waals surface area (Å²) in [6.07, 6.45) is 0. The van der Waals surface area contributed by atoms with Gasteiger partial charge in [-0.1, -0.05) is 0 Å². The number of benzene rings is 2. The first-order valence-electron chi connectivity index (χ1n) is 11.5. The number of nitro benzene ring substituents is 2. The number of anilines is 2. The molecule has 0 unspecified atom stereocenters. The zero-order chi connectivity index (χ0) is 32.0. The van der Waals surface area contributed by atoms with Crippen molar-refractivity contribution in [2.45, 2.75) is 0 Å². The number of rotatable bonds is 14. The minimum Gasteiger partial charge on any atom is -0.870 e. The van der Waals surface area contributed by atoms with Crippen molar-refractivity contribution in [3.05, 3.63) is 56.6 Å². The Bertz CT molecular complexity index is 1290. The molecule has 0 saturated heterocycles. The molecule has 3 N–H and O–H groups in total. The molecule has 2 aromatic rings. The number of nitrogens with zero attached hydrogens (tertiary/aromatic N) is 4. The van der Waals surface area contributed by atoms with Crippen LogP contribution in [-0.4, -0.2) is 104 Å². The van der Waals surface area contributed by atoms with E-state index in [4.69, 9.17) is 19.7 Å². The Morgan fingerprint density at radius 1 is 0.682 bits per heavy atom. The van der Waals surface area contributed by atoms with Crippen LogP contribution in [0.4, 0.5) is 22.7 Å². The van der Waals surface area contributed by atoms with Gasteiger partial charge in [0.2, 0.25) is 0 Å². The first kappa shape index (κ1) is 41.4. The number of hydrogen-bond acceptors (Lipinski definition) is 15. The predicted octanol–water partition coefficient (Wildman–Crippen LogP) is -1.84. The van der Waals surface area contributed by atoms with Crippen LogP contribution in [0.2, 0.25) is 0 Å². The number of esters is 2. The third-order valence-corrected chi connectivity index (χ3v) is 5.18. The summed E-state index contributed by atoms with van der Waals surface area (Å²) in [7, 11) is 5.01. The van der Waals surface area contributed by atoms with Crippen molar-refractivity contribution < 1.29 is 93.2 Å². The van der Waals surface area contributed by atoms with Crippen molar-refractivity contribution in [3.63, 3.8) is 0 Å². The summed E-state index contributed by atoms with van der Waals surface area (Å²) >= 11 is 0. The van der Waals surface area contributed by atoms with E-state index in [1.165, 1.54) is 57.6 Å². The molecule has 0 fully saturated rings. The van der Waals surface area contributed by atoms with E-state index in [-0.39, 0.29) is 76.7 Å². The number of non-ortho nitro benzene ring substituents is 2. The number of nitro groups is 2. The van der Waals surface area contributed by atoms with Crippen molar-refractivity contribution in [2.24, 2.45) is 0 Å². The van der Waals surface area contributed by atoms with Gasteiger partial charge in [-0.3, -0.25) is 39.4 Å².